The van der Waals surface area contributed by atoms with Crippen LogP contribution in [-0.2, 0) is 6.54 Å². The van der Waals surface area contributed by atoms with Crippen LogP contribution in [0.3, 0.4) is 0 Å². The van der Waals surface area contributed by atoms with Gasteiger partial charge in [-0.15, -0.1) is 10.2 Å². The molecule has 0 saturated carbocycles. The zero-order chi connectivity index (χ0) is 12.3. The van der Waals surface area contributed by atoms with E-state index in [4.69, 9.17) is 0 Å². The van der Waals surface area contributed by atoms with Crippen LogP contribution in [-0.4, -0.2) is 31.5 Å². The van der Waals surface area contributed by atoms with Crippen molar-refractivity contribution in [2.24, 2.45) is 0 Å². The number of anilines is 1. The SMILES string of the molecule is CCNc1nnc(-c2ccc(=O)[nH]n2)n1CC. The number of H-pyrrole nitrogens is 1. The quantitative estimate of drug-likeness (QED) is 0.803. The summed E-state index contributed by atoms with van der Waals surface area (Å²) in [5.74, 6) is 1.35. The van der Waals surface area contributed by atoms with E-state index in [0.717, 1.165) is 13.1 Å². The predicted molar refractivity (Wildman–Crippen MR) is 63.7 cm³/mol. The summed E-state index contributed by atoms with van der Waals surface area (Å²) < 4.78 is 1.91. The molecule has 90 valence electrons. The van der Waals surface area contributed by atoms with Crippen molar-refractivity contribution in [1.82, 2.24) is 25.0 Å². The van der Waals surface area contributed by atoms with Crippen LogP contribution >= 0.6 is 0 Å². The van der Waals surface area contributed by atoms with Crippen LogP contribution in [0.15, 0.2) is 16.9 Å². The van der Waals surface area contributed by atoms with Gasteiger partial charge < -0.3 is 5.32 Å². The Morgan fingerprint density at radius 2 is 2.18 bits per heavy atom. The number of aromatic amines is 1. The molecule has 2 rings (SSSR count). The molecule has 2 aromatic rings. The van der Waals surface area contributed by atoms with E-state index in [1.54, 1.807) is 6.07 Å². The van der Waals surface area contributed by atoms with Crippen LogP contribution in [0.5, 0.6) is 0 Å². The first-order valence-electron chi connectivity index (χ1n) is 5.49. The summed E-state index contributed by atoms with van der Waals surface area (Å²) in [6.45, 7) is 5.49. The topological polar surface area (TPSA) is 88.5 Å². The Morgan fingerprint density at radius 1 is 1.35 bits per heavy atom. The van der Waals surface area contributed by atoms with Crippen LogP contribution in [0, 0.1) is 0 Å². The smallest absolute Gasteiger partial charge is 0.264 e. The molecule has 2 aromatic heterocycles. The number of rotatable bonds is 4. The highest BCUT2D eigenvalue weighted by Crippen LogP contribution is 2.16. The monoisotopic (exact) mass is 234 g/mol. The minimum absolute atomic E-state index is 0.233. The second-order valence-corrected chi connectivity index (χ2v) is 3.43. The highest BCUT2D eigenvalue weighted by molar-refractivity contribution is 5.51. The molecule has 2 heterocycles. The number of aromatic nitrogens is 5. The second kappa shape index (κ2) is 4.77. The Balaban J connectivity index is 2.44. The Kier molecular flexibility index (Phi) is 3.17. The van der Waals surface area contributed by atoms with Crippen LogP contribution in [0.1, 0.15) is 13.8 Å². The summed E-state index contributed by atoms with van der Waals surface area (Å²) in [5.41, 5.74) is 0.367. The lowest BCUT2D eigenvalue weighted by molar-refractivity contribution is 0.765. The van der Waals surface area contributed by atoms with Crippen molar-refractivity contribution in [3.63, 3.8) is 0 Å². The van der Waals surface area contributed by atoms with Gasteiger partial charge in [0.25, 0.3) is 5.56 Å². The van der Waals surface area contributed by atoms with Gasteiger partial charge in [0.15, 0.2) is 5.82 Å². The van der Waals surface area contributed by atoms with Crippen molar-refractivity contribution in [2.75, 3.05) is 11.9 Å². The molecular formula is C10H14N6O. The zero-order valence-electron chi connectivity index (χ0n) is 9.77. The largest absolute Gasteiger partial charge is 0.355 e. The summed E-state index contributed by atoms with van der Waals surface area (Å²) in [6, 6.07) is 3.05. The molecule has 0 saturated heterocycles. The Morgan fingerprint density at radius 3 is 2.76 bits per heavy atom. The summed E-state index contributed by atoms with van der Waals surface area (Å²) >= 11 is 0. The first-order valence-corrected chi connectivity index (χ1v) is 5.49. The van der Waals surface area contributed by atoms with E-state index >= 15 is 0 Å². The summed E-state index contributed by atoms with van der Waals surface area (Å²) in [4.78, 5) is 10.9. The van der Waals surface area contributed by atoms with Crippen LogP contribution in [0.2, 0.25) is 0 Å². The van der Waals surface area contributed by atoms with E-state index in [-0.39, 0.29) is 5.56 Å². The molecule has 0 unspecified atom stereocenters. The molecule has 17 heavy (non-hydrogen) atoms. The fourth-order valence-corrected chi connectivity index (χ4v) is 1.55. The number of nitrogens with zero attached hydrogens (tertiary/aromatic N) is 4. The van der Waals surface area contributed by atoms with Gasteiger partial charge in [-0.25, -0.2) is 5.10 Å². The van der Waals surface area contributed by atoms with Gasteiger partial charge in [0.2, 0.25) is 5.95 Å². The third kappa shape index (κ3) is 2.17. The standard InChI is InChI=1S/C10H14N6O/c1-3-11-10-15-14-9(16(10)4-2)7-5-6-8(17)13-12-7/h5-6H,3-4H2,1-2H3,(H,11,15)(H,13,17). The predicted octanol–water partition coefficient (Wildman–Crippen LogP) is 0.480. The van der Waals surface area contributed by atoms with Crippen LogP contribution in [0.25, 0.3) is 11.5 Å². The maximum absolute atomic E-state index is 10.9. The third-order valence-electron chi connectivity index (χ3n) is 2.31. The number of hydrogen-bond acceptors (Lipinski definition) is 5. The molecule has 0 fully saturated rings. The Labute approximate surface area is 97.9 Å². The minimum atomic E-state index is -0.233. The van der Waals surface area contributed by atoms with E-state index in [0.29, 0.717) is 17.5 Å². The molecule has 7 nitrogen and oxygen atoms in total. The fourth-order valence-electron chi connectivity index (χ4n) is 1.55. The molecule has 0 bridgehead atoms. The van der Waals surface area contributed by atoms with Crippen molar-refractivity contribution >= 4 is 5.95 Å². The second-order valence-electron chi connectivity index (χ2n) is 3.43. The maximum Gasteiger partial charge on any atom is 0.264 e. The molecule has 2 N–H and O–H groups in total. The van der Waals surface area contributed by atoms with Crippen LogP contribution in [0.4, 0.5) is 5.95 Å². The fraction of sp³-hybridized carbons (Fsp3) is 0.400. The van der Waals surface area contributed by atoms with E-state index in [2.05, 4.69) is 25.7 Å². The van der Waals surface area contributed by atoms with Gasteiger partial charge in [0, 0.05) is 19.2 Å². The normalized spacial score (nSPS) is 10.5. The maximum atomic E-state index is 10.9. The van der Waals surface area contributed by atoms with Crippen molar-refractivity contribution in [1.29, 1.82) is 0 Å². The minimum Gasteiger partial charge on any atom is -0.355 e. The third-order valence-corrected chi connectivity index (χ3v) is 2.31. The zero-order valence-corrected chi connectivity index (χ0v) is 9.77. The van der Waals surface area contributed by atoms with E-state index in [1.807, 2.05) is 18.4 Å². The van der Waals surface area contributed by atoms with E-state index in [1.165, 1.54) is 6.07 Å². The average molecular weight is 234 g/mol. The molecule has 0 aliphatic carbocycles. The molecule has 0 aliphatic heterocycles. The highest BCUT2D eigenvalue weighted by Gasteiger charge is 2.12. The number of nitrogens with one attached hydrogen (secondary N) is 2. The van der Waals surface area contributed by atoms with Gasteiger partial charge in [0.05, 0.1) is 0 Å². The summed E-state index contributed by atoms with van der Waals surface area (Å²) in [7, 11) is 0. The van der Waals surface area contributed by atoms with Gasteiger partial charge >= 0.3 is 0 Å². The summed E-state index contributed by atoms with van der Waals surface area (Å²) in [6.07, 6.45) is 0. The average Bonchev–Trinajstić information content (AvgIpc) is 2.73. The molecule has 0 aromatic carbocycles. The number of hydrogen-bond donors (Lipinski definition) is 2. The Hall–Kier alpha value is -2.18. The van der Waals surface area contributed by atoms with Crippen molar-refractivity contribution in [3.05, 3.63) is 22.5 Å². The van der Waals surface area contributed by atoms with Gasteiger partial charge in [-0.3, -0.25) is 9.36 Å². The lowest BCUT2D eigenvalue weighted by Crippen LogP contribution is -2.09. The summed E-state index contributed by atoms with van der Waals surface area (Å²) in [5, 5.41) is 17.6. The Bertz CT molecular complexity index is 538. The molecule has 0 atom stereocenters. The van der Waals surface area contributed by atoms with Gasteiger partial charge in [-0.2, -0.15) is 5.10 Å². The van der Waals surface area contributed by atoms with E-state index < -0.39 is 0 Å². The molecule has 0 spiro atoms. The molecule has 0 amide bonds. The first-order chi connectivity index (χ1) is 8.26. The lowest BCUT2D eigenvalue weighted by Gasteiger charge is -2.06. The lowest BCUT2D eigenvalue weighted by atomic mass is 10.3. The van der Waals surface area contributed by atoms with Gasteiger partial charge in [-0.05, 0) is 19.9 Å². The van der Waals surface area contributed by atoms with Crippen molar-refractivity contribution < 1.29 is 0 Å². The molecule has 0 aliphatic rings. The van der Waals surface area contributed by atoms with E-state index in [9.17, 15) is 4.79 Å². The molecular weight excluding hydrogens is 220 g/mol. The van der Waals surface area contributed by atoms with Gasteiger partial charge in [0.1, 0.15) is 5.69 Å². The molecule has 0 radical (unpaired) electrons. The van der Waals surface area contributed by atoms with Crippen LogP contribution < -0.4 is 10.9 Å². The molecule has 7 heteroatoms. The highest BCUT2D eigenvalue weighted by atomic mass is 16.1. The van der Waals surface area contributed by atoms with Gasteiger partial charge in [-0.1, -0.05) is 0 Å². The van der Waals surface area contributed by atoms with Crippen molar-refractivity contribution in [2.45, 2.75) is 20.4 Å². The first kappa shape index (κ1) is 11.3. The van der Waals surface area contributed by atoms with Crippen molar-refractivity contribution in [3.8, 4) is 11.5 Å².